The number of benzene rings is 2. The highest BCUT2D eigenvalue weighted by Crippen LogP contribution is 2.25. The number of aryl methyl sites for hydroxylation is 1. The van der Waals surface area contributed by atoms with Crippen molar-refractivity contribution in [1.29, 1.82) is 5.26 Å². The van der Waals surface area contributed by atoms with E-state index in [9.17, 15) is 9.18 Å². The fourth-order valence-electron chi connectivity index (χ4n) is 4.28. The number of hydrogen-bond donors (Lipinski definition) is 0. The van der Waals surface area contributed by atoms with Gasteiger partial charge in [0.15, 0.2) is 0 Å². The average Bonchev–Trinajstić information content (AvgIpc) is 2.95. The topological polar surface area (TPSA) is 52.3 Å². The van der Waals surface area contributed by atoms with Crippen LogP contribution in [0.3, 0.4) is 0 Å². The number of aromatic nitrogens is 1. The Bertz CT molecular complexity index is 1140. The Balaban J connectivity index is 1.53. The third-order valence-corrected chi connectivity index (χ3v) is 5.90. The van der Waals surface area contributed by atoms with Gasteiger partial charge in [-0.15, -0.1) is 0 Å². The van der Waals surface area contributed by atoms with Crippen LogP contribution in [0, 0.1) is 31.0 Å². The van der Waals surface area contributed by atoms with E-state index in [-0.39, 0.29) is 11.7 Å². The maximum atomic E-state index is 14.4. The van der Waals surface area contributed by atoms with Crippen molar-refractivity contribution in [3.8, 4) is 11.8 Å². The number of nitrogens with zero attached hydrogens (tertiary/aromatic N) is 4. The molecule has 158 valence electrons. The maximum absolute atomic E-state index is 14.4. The van der Waals surface area contributed by atoms with Gasteiger partial charge in [0, 0.05) is 43.3 Å². The van der Waals surface area contributed by atoms with Crippen molar-refractivity contribution in [2.24, 2.45) is 0 Å². The van der Waals surface area contributed by atoms with Crippen LogP contribution in [-0.2, 0) is 0 Å². The lowest BCUT2D eigenvalue weighted by Crippen LogP contribution is -2.35. The van der Waals surface area contributed by atoms with Crippen LogP contribution < -0.4 is 4.90 Å². The molecule has 1 fully saturated rings. The summed E-state index contributed by atoms with van der Waals surface area (Å²) >= 11 is 0. The second-order valence-electron chi connectivity index (χ2n) is 7.86. The number of anilines is 1. The van der Waals surface area contributed by atoms with Gasteiger partial charge in [0.05, 0.1) is 22.9 Å². The van der Waals surface area contributed by atoms with E-state index in [0.29, 0.717) is 29.9 Å². The molecule has 0 aliphatic carbocycles. The largest absolute Gasteiger partial charge is 0.370 e. The zero-order valence-corrected chi connectivity index (χ0v) is 17.8. The van der Waals surface area contributed by atoms with E-state index in [2.05, 4.69) is 11.0 Å². The van der Waals surface area contributed by atoms with E-state index < -0.39 is 0 Å². The lowest BCUT2D eigenvalue weighted by molar-refractivity contribution is 0.0766. The van der Waals surface area contributed by atoms with Crippen molar-refractivity contribution in [3.05, 3.63) is 82.9 Å². The molecule has 1 saturated heterocycles. The summed E-state index contributed by atoms with van der Waals surface area (Å²) in [4.78, 5) is 17.5. The van der Waals surface area contributed by atoms with E-state index in [1.54, 1.807) is 18.2 Å². The standard InChI is InChI=1S/C25H25FN4O/c1-18-16-22(19(2)30(18)24-7-4-3-6-23(24)26)25(31)29-13-5-12-28(14-15-29)21-10-8-20(17-27)9-11-21/h3-4,6-11,16H,5,12-15H2,1-2H3. The summed E-state index contributed by atoms with van der Waals surface area (Å²) in [7, 11) is 0. The minimum Gasteiger partial charge on any atom is -0.370 e. The first kappa shape index (κ1) is 20.7. The Morgan fingerprint density at radius 1 is 1.00 bits per heavy atom. The summed E-state index contributed by atoms with van der Waals surface area (Å²) in [6.07, 6.45) is 0.859. The molecule has 31 heavy (non-hydrogen) atoms. The fourth-order valence-corrected chi connectivity index (χ4v) is 4.28. The highest BCUT2D eigenvalue weighted by Gasteiger charge is 2.25. The number of hydrogen-bond acceptors (Lipinski definition) is 3. The molecule has 0 spiro atoms. The van der Waals surface area contributed by atoms with Gasteiger partial charge in [-0.2, -0.15) is 5.26 Å². The molecule has 0 unspecified atom stereocenters. The van der Waals surface area contributed by atoms with Crippen molar-refractivity contribution in [1.82, 2.24) is 9.47 Å². The lowest BCUT2D eigenvalue weighted by atomic mass is 10.2. The van der Waals surface area contributed by atoms with Crippen LogP contribution in [0.1, 0.15) is 33.7 Å². The fraction of sp³-hybridized carbons (Fsp3) is 0.280. The molecule has 0 saturated carbocycles. The normalized spacial score (nSPS) is 14.3. The summed E-state index contributed by atoms with van der Waals surface area (Å²) in [6.45, 7) is 6.63. The molecular formula is C25H25FN4O. The Labute approximate surface area is 181 Å². The number of para-hydroxylation sites is 1. The Morgan fingerprint density at radius 3 is 2.45 bits per heavy atom. The van der Waals surface area contributed by atoms with Crippen molar-refractivity contribution >= 4 is 11.6 Å². The van der Waals surface area contributed by atoms with Crippen LogP contribution in [0.25, 0.3) is 5.69 Å². The van der Waals surface area contributed by atoms with Gasteiger partial charge in [0.2, 0.25) is 0 Å². The molecule has 1 aliphatic rings. The van der Waals surface area contributed by atoms with Crippen molar-refractivity contribution in [3.63, 3.8) is 0 Å². The smallest absolute Gasteiger partial charge is 0.255 e. The van der Waals surface area contributed by atoms with Crippen LogP contribution in [0.4, 0.5) is 10.1 Å². The molecule has 1 amide bonds. The van der Waals surface area contributed by atoms with Gasteiger partial charge in [-0.05, 0) is 62.7 Å². The molecule has 4 rings (SSSR count). The van der Waals surface area contributed by atoms with Crippen LogP contribution in [0.15, 0.2) is 54.6 Å². The van der Waals surface area contributed by atoms with Crippen LogP contribution in [0.5, 0.6) is 0 Å². The number of halogens is 1. The van der Waals surface area contributed by atoms with Crippen LogP contribution in [-0.4, -0.2) is 41.6 Å². The molecule has 0 bridgehead atoms. The van der Waals surface area contributed by atoms with Gasteiger partial charge >= 0.3 is 0 Å². The summed E-state index contributed by atoms with van der Waals surface area (Å²) < 4.78 is 16.2. The molecule has 0 N–H and O–H groups in total. The van der Waals surface area contributed by atoms with Crippen molar-refractivity contribution in [2.75, 3.05) is 31.1 Å². The number of rotatable bonds is 3. The number of carbonyl (C=O) groups is 1. The highest BCUT2D eigenvalue weighted by atomic mass is 19.1. The summed E-state index contributed by atoms with van der Waals surface area (Å²) in [5.74, 6) is -0.325. The SMILES string of the molecule is Cc1cc(C(=O)N2CCCN(c3ccc(C#N)cc3)CC2)c(C)n1-c1ccccc1F. The van der Waals surface area contributed by atoms with E-state index >= 15 is 0 Å². The molecule has 6 heteroatoms. The average molecular weight is 417 g/mol. The highest BCUT2D eigenvalue weighted by molar-refractivity contribution is 5.96. The van der Waals surface area contributed by atoms with E-state index in [0.717, 1.165) is 36.6 Å². The van der Waals surface area contributed by atoms with E-state index in [4.69, 9.17) is 5.26 Å². The van der Waals surface area contributed by atoms with Gasteiger partial charge in [-0.1, -0.05) is 12.1 Å². The van der Waals surface area contributed by atoms with E-state index in [1.807, 2.05) is 53.6 Å². The number of nitriles is 1. The summed E-state index contributed by atoms with van der Waals surface area (Å²) in [5.41, 5.74) is 4.36. The van der Waals surface area contributed by atoms with Gasteiger partial charge in [0.25, 0.3) is 5.91 Å². The molecule has 0 atom stereocenters. The van der Waals surface area contributed by atoms with E-state index in [1.165, 1.54) is 6.07 Å². The van der Waals surface area contributed by atoms with Gasteiger partial charge in [0.1, 0.15) is 5.82 Å². The molecule has 5 nitrogen and oxygen atoms in total. The maximum Gasteiger partial charge on any atom is 0.255 e. The second kappa shape index (κ2) is 8.65. The molecule has 2 heterocycles. The lowest BCUT2D eigenvalue weighted by Gasteiger charge is -2.24. The zero-order chi connectivity index (χ0) is 22.0. The number of amides is 1. The zero-order valence-electron chi connectivity index (χ0n) is 17.8. The molecule has 3 aromatic rings. The first-order valence-corrected chi connectivity index (χ1v) is 10.5. The molecule has 1 aliphatic heterocycles. The van der Waals surface area contributed by atoms with Crippen LogP contribution >= 0.6 is 0 Å². The first-order valence-electron chi connectivity index (χ1n) is 10.5. The van der Waals surface area contributed by atoms with Crippen molar-refractivity contribution < 1.29 is 9.18 Å². The summed E-state index contributed by atoms with van der Waals surface area (Å²) in [6, 6.07) is 18.2. The van der Waals surface area contributed by atoms with Gasteiger partial charge in [-0.25, -0.2) is 4.39 Å². The minimum atomic E-state index is -0.309. The van der Waals surface area contributed by atoms with Crippen LogP contribution in [0.2, 0.25) is 0 Å². The predicted octanol–water partition coefficient (Wildman–Crippen LogP) is 4.46. The van der Waals surface area contributed by atoms with Gasteiger partial charge in [-0.3, -0.25) is 4.79 Å². The second-order valence-corrected chi connectivity index (χ2v) is 7.86. The molecule has 1 aromatic heterocycles. The third kappa shape index (κ3) is 4.04. The quantitative estimate of drug-likeness (QED) is 0.634. The van der Waals surface area contributed by atoms with Gasteiger partial charge < -0.3 is 14.4 Å². The Hall–Kier alpha value is -3.59. The third-order valence-electron chi connectivity index (χ3n) is 5.90. The van der Waals surface area contributed by atoms with Crippen molar-refractivity contribution in [2.45, 2.75) is 20.3 Å². The Morgan fingerprint density at radius 2 is 1.74 bits per heavy atom. The summed E-state index contributed by atoms with van der Waals surface area (Å²) in [5, 5.41) is 8.99. The molecule has 2 aromatic carbocycles. The Kier molecular flexibility index (Phi) is 5.77. The monoisotopic (exact) mass is 416 g/mol. The molecular weight excluding hydrogens is 391 g/mol. The number of carbonyl (C=O) groups excluding carboxylic acids is 1. The predicted molar refractivity (Wildman–Crippen MR) is 119 cm³/mol. The molecule has 0 radical (unpaired) electrons. The minimum absolute atomic E-state index is 0.0163. The first-order chi connectivity index (χ1) is 15.0.